The molecule has 0 spiro atoms. The Bertz CT molecular complexity index is 282. The van der Waals surface area contributed by atoms with E-state index in [-0.39, 0.29) is 6.03 Å². The van der Waals surface area contributed by atoms with Gasteiger partial charge in [0.05, 0.1) is 0 Å². The molecule has 1 atom stereocenters. The van der Waals surface area contributed by atoms with Gasteiger partial charge in [-0.25, -0.2) is 9.59 Å². The Hall–Kier alpha value is -0.910. The Morgan fingerprint density at radius 1 is 1.44 bits per heavy atom. The SMILES string of the molecule is CSCC[C@H](NC(=O)NCCCC1CC1)C(=O)O. The average Bonchev–Trinajstić information content (AvgIpc) is 3.13. The maximum atomic E-state index is 11.5. The second-order valence-electron chi connectivity index (χ2n) is 4.66. The van der Waals surface area contributed by atoms with Gasteiger partial charge in [-0.1, -0.05) is 12.8 Å². The Morgan fingerprint density at radius 3 is 2.72 bits per heavy atom. The smallest absolute Gasteiger partial charge is 0.326 e. The quantitative estimate of drug-likeness (QED) is 0.559. The summed E-state index contributed by atoms with van der Waals surface area (Å²) in [7, 11) is 0. The zero-order chi connectivity index (χ0) is 13.4. The number of amides is 2. The van der Waals surface area contributed by atoms with Gasteiger partial charge in [0, 0.05) is 6.54 Å². The highest BCUT2D eigenvalue weighted by Crippen LogP contribution is 2.33. The topological polar surface area (TPSA) is 78.4 Å². The fraction of sp³-hybridized carbons (Fsp3) is 0.833. The molecule has 1 aliphatic rings. The van der Waals surface area contributed by atoms with Crippen LogP contribution in [0.1, 0.15) is 32.1 Å². The molecule has 0 radical (unpaired) electrons. The molecule has 0 aromatic carbocycles. The minimum absolute atomic E-state index is 0.376. The molecule has 0 aromatic rings. The first kappa shape index (κ1) is 15.1. The Labute approximate surface area is 112 Å². The highest BCUT2D eigenvalue weighted by atomic mass is 32.2. The van der Waals surface area contributed by atoms with Crippen LogP contribution in [-0.2, 0) is 4.79 Å². The van der Waals surface area contributed by atoms with Gasteiger partial charge in [0.25, 0.3) is 0 Å². The van der Waals surface area contributed by atoms with Gasteiger partial charge in [-0.3, -0.25) is 0 Å². The average molecular weight is 274 g/mol. The summed E-state index contributed by atoms with van der Waals surface area (Å²) in [6.45, 7) is 0.622. The number of hydrogen-bond acceptors (Lipinski definition) is 3. The van der Waals surface area contributed by atoms with E-state index < -0.39 is 12.0 Å². The number of rotatable bonds is 9. The van der Waals surface area contributed by atoms with Crippen molar-refractivity contribution in [3.8, 4) is 0 Å². The molecule has 5 nitrogen and oxygen atoms in total. The lowest BCUT2D eigenvalue weighted by Gasteiger charge is -2.14. The predicted octanol–water partition coefficient (Wildman–Crippen LogP) is 1.68. The molecule has 0 heterocycles. The van der Waals surface area contributed by atoms with E-state index in [1.54, 1.807) is 11.8 Å². The van der Waals surface area contributed by atoms with E-state index in [1.807, 2.05) is 6.26 Å². The first-order chi connectivity index (χ1) is 8.63. The van der Waals surface area contributed by atoms with E-state index >= 15 is 0 Å². The van der Waals surface area contributed by atoms with Gasteiger partial charge < -0.3 is 15.7 Å². The van der Waals surface area contributed by atoms with Crippen LogP contribution in [0.3, 0.4) is 0 Å². The van der Waals surface area contributed by atoms with Crippen molar-refractivity contribution in [1.82, 2.24) is 10.6 Å². The second kappa shape index (κ2) is 8.24. The van der Waals surface area contributed by atoms with E-state index in [0.717, 1.165) is 24.5 Å². The van der Waals surface area contributed by atoms with Crippen LogP contribution in [-0.4, -0.2) is 41.7 Å². The molecule has 0 saturated heterocycles. The number of urea groups is 1. The molecule has 18 heavy (non-hydrogen) atoms. The van der Waals surface area contributed by atoms with Crippen LogP contribution in [0.4, 0.5) is 4.79 Å². The van der Waals surface area contributed by atoms with E-state index in [4.69, 9.17) is 5.11 Å². The summed E-state index contributed by atoms with van der Waals surface area (Å²) in [4.78, 5) is 22.4. The minimum atomic E-state index is -0.975. The molecule has 3 N–H and O–H groups in total. The zero-order valence-corrected chi connectivity index (χ0v) is 11.6. The summed E-state index contributed by atoms with van der Waals surface area (Å²) in [6.07, 6.45) is 7.14. The summed E-state index contributed by atoms with van der Waals surface area (Å²) < 4.78 is 0. The summed E-state index contributed by atoms with van der Waals surface area (Å²) in [5.74, 6) is 0.610. The van der Waals surface area contributed by atoms with Gasteiger partial charge in [0.2, 0.25) is 0 Å². The molecule has 1 aliphatic carbocycles. The van der Waals surface area contributed by atoms with E-state index in [0.29, 0.717) is 13.0 Å². The van der Waals surface area contributed by atoms with Crippen molar-refractivity contribution >= 4 is 23.8 Å². The van der Waals surface area contributed by atoms with Gasteiger partial charge >= 0.3 is 12.0 Å². The molecule has 0 aliphatic heterocycles. The lowest BCUT2D eigenvalue weighted by Crippen LogP contribution is -2.46. The number of thioether (sulfide) groups is 1. The van der Waals surface area contributed by atoms with Crippen LogP contribution in [0, 0.1) is 5.92 Å². The van der Waals surface area contributed by atoms with Crippen LogP contribution in [0.25, 0.3) is 0 Å². The van der Waals surface area contributed by atoms with Crippen molar-refractivity contribution in [2.24, 2.45) is 5.92 Å². The summed E-state index contributed by atoms with van der Waals surface area (Å²) >= 11 is 1.57. The number of nitrogens with one attached hydrogen (secondary N) is 2. The molecule has 1 saturated carbocycles. The predicted molar refractivity (Wildman–Crippen MR) is 72.9 cm³/mol. The monoisotopic (exact) mass is 274 g/mol. The number of hydrogen-bond donors (Lipinski definition) is 3. The molecule has 0 unspecified atom stereocenters. The van der Waals surface area contributed by atoms with Crippen LogP contribution in [0.5, 0.6) is 0 Å². The van der Waals surface area contributed by atoms with Gasteiger partial charge in [-0.2, -0.15) is 11.8 Å². The molecular formula is C12H22N2O3S. The maximum absolute atomic E-state index is 11.5. The molecule has 104 valence electrons. The standard InChI is InChI=1S/C12H22N2O3S/c1-18-8-6-10(11(15)16)14-12(17)13-7-2-3-9-4-5-9/h9-10H,2-8H2,1H3,(H,15,16)(H2,13,14,17)/t10-/m0/s1. The third-order valence-electron chi connectivity index (χ3n) is 2.99. The van der Waals surface area contributed by atoms with Crippen LogP contribution < -0.4 is 10.6 Å². The van der Waals surface area contributed by atoms with Gasteiger partial charge in [0.15, 0.2) is 0 Å². The highest BCUT2D eigenvalue weighted by molar-refractivity contribution is 7.98. The van der Waals surface area contributed by atoms with E-state index in [2.05, 4.69) is 10.6 Å². The number of carboxylic acids is 1. The van der Waals surface area contributed by atoms with Gasteiger partial charge in [-0.05, 0) is 37.2 Å². The normalized spacial score (nSPS) is 16.1. The molecule has 0 bridgehead atoms. The van der Waals surface area contributed by atoms with Crippen molar-refractivity contribution in [2.75, 3.05) is 18.6 Å². The van der Waals surface area contributed by atoms with Crippen molar-refractivity contribution in [1.29, 1.82) is 0 Å². The third kappa shape index (κ3) is 6.74. The molecule has 1 fully saturated rings. The Morgan fingerprint density at radius 2 is 2.17 bits per heavy atom. The van der Waals surface area contributed by atoms with Gasteiger partial charge in [-0.15, -0.1) is 0 Å². The molecule has 0 aromatic heterocycles. The number of aliphatic carboxylic acids is 1. The lowest BCUT2D eigenvalue weighted by molar-refractivity contribution is -0.139. The van der Waals surface area contributed by atoms with Crippen LogP contribution in [0.2, 0.25) is 0 Å². The Balaban J connectivity index is 2.11. The maximum Gasteiger partial charge on any atom is 0.326 e. The lowest BCUT2D eigenvalue weighted by atomic mass is 10.2. The van der Waals surface area contributed by atoms with Crippen LogP contribution >= 0.6 is 11.8 Å². The fourth-order valence-corrected chi connectivity index (χ4v) is 2.17. The third-order valence-corrected chi connectivity index (χ3v) is 3.63. The van der Waals surface area contributed by atoms with Crippen LogP contribution in [0.15, 0.2) is 0 Å². The second-order valence-corrected chi connectivity index (χ2v) is 5.64. The zero-order valence-electron chi connectivity index (χ0n) is 10.8. The molecule has 6 heteroatoms. The molecular weight excluding hydrogens is 252 g/mol. The summed E-state index contributed by atoms with van der Waals surface area (Å²) in [5, 5.41) is 14.1. The first-order valence-electron chi connectivity index (χ1n) is 6.39. The number of carbonyl (C=O) groups is 2. The Kier molecular flexibility index (Phi) is 6.93. The first-order valence-corrected chi connectivity index (χ1v) is 7.79. The largest absolute Gasteiger partial charge is 0.480 e. The summed E-state index contributed by atoms with van der Waals surface area (Å²) in [5.41, 5.74) is 0. The van der Waals surface area contributed by atoms with Crippen molar-refractivity contribution in [3.05, 3.63) is 0 Å². The van der Waals surface area contributed by atoms with Gasteiger partial charge in [0.1, 0.15) is 6.04 Å². The fourth-order valence-electron chi connectivity index (χ4n) is 1.70. The van der Waals surface area contributed by atoms with E-state index in [9.17, 15) is 9.59 Å². The van der Waals surface area contributed by atoms with Crippen molar-refractivity contribution < 1.29 is 14.7 Å². The number of carbonyl (C=O) groups excluding carboxylic acids is 1. The molecule has 1 rings (SSSR count). The molecule has 2 amide bonds. The summed E-state index contributed by atoms with van der Waals surface area (Å²) in [6, 6.07) is -1.17. The van der Waals surface area contributed by atoms with Crippen molar-refractivity contribution in [3.63, 3.8) is 0 Å². The van der Waals surface area contributed by atoms with Crippen molar-refractivity contribution in [2.45, 2.75) is 38.1 Å². The van der Waals surface area contributed by atoms with E-state index in [1.165, 1.54) is 12.8 Å². The minimum Gasteiger partial charge on any atom is -0.480 e. The number of carboxylic acid groups (broad SMARTS) is 1. The highest BCUT2D eigenvalue weighted by Gasteiger charge is 2.21.